The molecule has 0 aliphatic rings. The molecule has 2 rings (SSSR count). The van der Waals surface area contributed by atoms with Crippen LogP contribution in [0.5, 0.6) is 0 Å². The van der Waals surface area contributed by atoms with Gasteiger partial charge >= 0.3 is 65.8 Å². The summed E-state index contributed by atoms with van der Waals surface area (Å²) in [6, 6.07) is 8.90. The molecule has 0 atom stereocenters. The van der Waals surface area contributed by atoms with E-state index in [2.05, 4.69) is 36.1 Å². The van der Waals surface area contributed by atoms with Crippen LogP contribution in [-0.2, 0) is 0 Å². The zero-order chi connectivity index (χ0) is 6.97. The van der Waals surface area contributed by atoms with Crippen LogP contribution in [0, 0.1) is 6.92 Å². The van der Waals surface area contributed by atoms with Gasteiger partial charge in [-0.1, -0.05) is 0 Å². The van der Waals surface area contributed by atoms with Gasteiger partial charge in [-0.3, -0.25) is 0 Å². The quantitative estimate of drug-likeness (QED) is 0.565. The fraction of sp³-hybridized carbons (Fsp3) is 0.111. The van der Waals surface area contributed by atoms with E-state index < -0.39 is 0 Å². The Bertz CT molecular complexity index is 346. The Kier molecular flexibility index (Phi) is 1.40. The summed E-state index contributed by atoms with van der Waals surface area (Å²) < 4.78 is 1.53. The molecule has 0 amide bonds. The Morgan fingerprint density at radius 1 is 1.20 bits per heavy atom. The van der Waals surface area contributed by atoms with Crippen LogP contribution in [-0.4, -0.2) is 14.5 Å². The summed E-state index contributed by atoms with van der Waals surface area (Å²) in [5.41, 5.74) is 1.36. The van der Waals surface area contributed by atoms with E-state index in [1.54, 1.807) is 0 Å². The number of fused-ring (bicyclic) bond motifs is 1. The predicted octanol–water partition coefficient (Wildman–Crippen LogP) is 2.21. The Balaban J connectivity index is 2.86. The van der Waals surface area contributed by atoms with Crippen molar-refractivity contribution < 1.29 is 0 Å². The van der Waals surface area contributed by atoms with Gasteiger partial charge in [-0.25, -0.2) is 0 Å². The molecule has 0 aliphatic carbocycles. The fourth-order valence-electron chi connectivity index (χ4n) is 1.09. The second kappa shape index (κ2) is 2.26. The van der Waals surface area contributed by atoms with E-state index in [1.807, 2.05) is 0 Å². The van der Waals surface area contributed by atoms with Gasteiger partial charge in [0.1, 0.15) is 0 Å². The van der Waals surface area contributed by atoms with Crippen molar-refractivity contribution in [3.8, 4) is 0 Å². The monoisotopic (exact) mass is 196 g/mol. The molecule has 1 aromatic heterocycles. The second-order valence-electron chi connectivity index (χ2n) is 2.46. The molecule has 0 fully saturated rings. The molecule has 0 aliphatic heterocycles. The van der Waals surface area contributed by atoms with Gasteiger partial charge in [0, 0.05) is 0 Å². The normalized spacial score (nSPS) is 10.5. The second-order valence-corrected chi connectivity index (χ2v) is 4.45. The van der Waals surface area contributed by atoms with Gasteiger partial charge in [0.2, 0.25) is 0 Å². The summed E-state index contributed by atoms with van der Waals surface area (Å²) in [5, 5.41) is 1.43. The molecule has 0 unspecified atom stereocenters. The average Bonchev–Trinajstić information content (AvgIpc) is 2.33. The molecular weight excluding hydrogens is 187 g/mol. The molecule has 0 saturated heterocycles. The Morgan fingerprint density at radius 3 is 3.00 bits per heavy atom. The first-order valence-corrected chi connectivity index (χ1v) is 5.15. The standard InChI is InChI=1S/C9H8Se/c1-7-2-3-9-8(6-7)4-5-10-9/h2-6H,1H3. The van der Waals surface area contributed by atoms with E-state index in [1.165, 1.54) is 15.2 Å². The van der Waals surface area contributed by atoms with Gasteiger partial charge in [0.25, 0.3) is 0 Å². The number of benzene rings is 1. The molecule has 0 bridgehead atoms. The van der Waals surface area contributed by atoms with Crippen molar-refractivity contribution in [2.45, 2.75) is 6.92 Å². The number of hydrogen-bond acceptors (Lipinski definition) is 0. The van der Waals surface area contributed by atoms with Crippen molar-refractivity contribution in [2.24, 2.45) is 0 Å². The maximum absolute atomic E-state index is 2.27. The predicted molar refractivity (Wildman–Crippen MR) is 45.6 cm³/mol. The molecule has 1 heteroatoms. The minimum atomic E-state index is 0.614. The van der Waals surface area contributed by atoms with Gasteiger partial charge in [0.15, 0.2) is 0 Å². The van der Waals surface area contributed by atoms with Crippen molar-refractivity contribution in [3.63, 3.8) is 0 Å². The maximum atomic E-state index is 2.27. The minimum absolute atomic E-state index is 0.614. The van der Waals surface area contributed by atoms with Crippen molar-refractivity contribution >= 4 is 24.1 Å². The number of rotatable bonds is 0. The Morgan fingerprint density at radius 2 is 2.10 bits per heavy atom. The first-order valence-electron chi connectivity index (χ1n) is 3.30. The zero-order valence-corrected chi connectivity index (χ0v) is 7.51. The van der Waals surface area contributed by atoms with Crippen LogP contribution in [0.25, 0.3) is 9.65 Å². The molecule has 50 valence electrons. The van der Waals surface area contributed by atoms with Crippen LogP contribution in [0.4, 0.5) is 0 Å². The fourth-order valence-corrected chi connectivity index (χ4v) is 2.70. The molecular formula is C9H8Se. The molecule has 0 radical (unpaired) electrons. The average molecular weight is 195 g/mol. The van der Waals surface area contributed by atoms with Gasteiger partial charge in [0.05, 0.1) is 0 Å². The number of hydrogen-bond donors (Lipinski definition) is 0. The van der Waals surface area contributed by atoms with Gasteiger partial charge in [-0.05, 0) is 0 Å². The van der Waals surface area contributed by atoms with E-state index in [4.69, 9.17) is 0 Å². The first kappa shape index (κ1) is 6.21. The van der Waals surface area contributed by atoms with Gasteiger partial charge < -0.3 is 0 Å². The van der Waals surface area contributed by atoms with Crippen LogP contribution < -0.4 is 0 Å². The molecule has 0 saturated carbocycles. The van der Waals surface area contributed by atoms with E-state index in [9.17, 15) is 0 Å². The number of aryl methyl sites for hydroxylation is 1. The molecule has 0 spiro atoms. The van der Waals surface area contributed by atoms with E-state index in [0.29, 0.717) is 14.5 Å². The van der Waals surface area contributed by atoms with Crippen LogP contribution in [0.1, 0.15) is 5.56 Å². The van der Waals surface area contributed by atoms with E-state index in [0.717, 1.165) is 0 Å². The van der Waals surface area contributed by atoms with Crippen LogP contribution in [0.15, 0.2) is 29.2 Å². The van der Waals surface area contributed by atoms with Gasteiger partial charge in [-0.2, -0.15) is 0 Å². The van der Waals surface area contributed by atoms with Crippen molar-refractivity contribution in [1.29, 1.82) is 0 Å². The Labute approximate surface area is 66.2 Å². The third kappa shape index (κ3) is 0.920. The van der Waals surface area contributed by atoms with Crippen molar-refractivity contribution in [2.75, 3.05) is 0 Å². The third-order valence-corrected chi connectivity index (χ3v) is 3.49. The third-order valence-electron chi connectivity index (χ3n) is 1.61. The van der Waals surface area contributed by atoms with Crippen LogP contribution >= 0.6 is 0 Å². The first-order chi connectivity index (χ1) is 4.86. The van der Waals surface area contributed by atoms with Crippen molar-refractivity contribution in [1.82, 2.24) is 0 Å². The van der Waals surface area contributed by atoms with E-state index in [-0.39, 0.29) is 0 Å². The molecule has 1 aromatic carbocycles. The molecule has 10 heavy (non-hydrogen) atoms. The Hall–Kier alpha value is -0.521. The summed E-state index contributed by atoms with van der Waals surface area (Å²) >= 11 is 0.614. The SMILES string of the molecule is Cc1ccc2[se]ccc2c1. The topological polar surface area (TPSA) is 0 Å². The van der Waals surface area contributed by atoms with Gasteiger partial charge in [-0.15, -0.1) is 0 Å². The molecule has 1 heterocycles. The molecule has 0 nitrogen and oxygen atoms in total. The summed E-state index contributed by atoms with van der Waals surface area (Å²) in [4.78, 5) is 2.27. The summed E-state index contributed by atoms with van der Waals surface area (Å²) in [5.74, 6) is 0. The van der Waals surface area contributed by atoms with Crippen LogP contribution in [0.3, 0.4) is 0 Å². The summed E-state index contributed by atoms with van der Waals surface area (Å²) in [6.45, 7) is 2.14. The molecule has 0 N–H and O–H groups in total. The zero-order valence-electron chi connectivity index (χ0n) is 5.79. The van der Waals surface area contributed by atoms with Crippen LogP contribution in [0.2, 0.25) is 0 Å². The molecule has 2 aromatic rings. The van der Waals surface area contributed by atoms with E-state index >= 15 is 0 Å². The summed E-state index contributed by atoms with van der Waals surface area (Å²) in [7, 11) is 0. The summed E-state index contributed by atoms with van der Waals surface area (Å²) in [6.07, 6.45) is 0. The van der Waals surface area contributed by atoms with Crippen molar-refractivity contribution in [3.05, 3.63) is 34.8 Å².